The summed E-state index contributed by atoms with van der Waals surface area (Å²) in [4.78, 5) is 4.71. The van der Waals surface area contributed by atoms with Crippen LogP contribution in [0.25, 0.3) is 11.3 Å². The maximum Gasteiger partial charge on any atom is 0.0976 e. The zero-order valence-corrected chi connectivity index (χ0v) is 12.3. The van der Waals surface area contributed by atoms with Gasteiger partial charge in [-0.25, -0.2) is 4.98 Å². The van der Waals surface area contributed by atoms with E-state index in [2.05, 4.69) is 10.5 Å². The molecule has 0 aliphatic rings. The van der Waals surface area contributed by atoms with Crippen LogP contribution in [0.1, 0.15) is 16.3 Å². The highest BCUT2D eigenvalue weighted by atomic mass is 32.1. The van der Waals surface area contributed by atoms with E-state index >= 15 is 0 Å². The molecule has 102 valence electrons. The number of hydrogen-bond donors (Lipinski definition) is 1. The summed E-state index contributed by atoms with van der Waals surface area (Å²) < 4.78 is 1.82. The van der Waals surface area contributed by atoms with Crippen LogP contribution in [0.4, 0.5) is 5.69 Å². The normalized spacial score (nSPS) is 10.9. The number of anilines is 1. The Morgan fingerprint density at radius 1 is 1.25 bits per heavy atom. The standard InChI is InChI=1S/C15H16N4S/c1-10-13(8-19(2)18-10)14-9-20-15(17-14)7-11-3-5-12(16)6-4-11/h3-6,8-9H,7,16H2,1-2H3. The average molecular weight is 284 g/mol. The van der Waals surface area contributed by atoms with E-state index in [4.69, 9.17) is 10.7 Å². The van der Waals surface area contributed by atoms with E-state index in [0.717, 1.165) is 34.1 Å². The number of hydrogen-bond acceptors (Lipinski definition) is 4. The topological polar surface area (TPSA) is 56.7 Å². The molecular formula is C15H16N4S. The highest BCUT2D eigenvalue weighted by Gasteiger charge is 2.10. The summed E-state index contributed by atoms with van der Waals surface area (Å²) in [6.07, 6.45) is 2.85. The largest absolute Gasteiger partial charge is 0.399 e. The Balaban J connectivity index is 1.83. The Bertz CT molecular complexity index is 725. The van der Waals surface area contributed by atoms with E-state index in [-0.39, 0.29) is 0 Å². The van der Waals surface area contributed by atoms with Crippen molar-refractivity contribution in [3.05, 3.63) is 52.1 Å². The summed E-state index contributed by atoms with van der Waals surface area (Å²) in [5.41, 5.74) is 10.8. The van der Waals surface area contributed by atoms with E-state index in [0.29, 0.717) is 0 Å². The van der Waals surface area contributed by atoms with Gasteiger partial charge in [-0.3, -0.25) is 4.68 Å². The average Bonchev–Trinajstić information content (AvgIpc) is 2.99. The van der Waals surface area contributed by atoms with Gasteiger partial charge in [0.2, 0.25) is 0 Å². The van der Waals surface area contributed by atoms with Gasteiger partial charge in [0.1, 0.15) is 0 Å². The van der Waals surface area contributed by atoms with Crippen molar-refractivity contribution >= 4 is 17.0 Å². The molecule has 3 aromatic rings. The van der Waals surface area contributed by atoms with Gasteiger partial charge in [-0.2, -0.15) is 5.10 Å². The zero-order chi connectivity index (χ0) is 14.1. The summed E-state index contributed by atoms with van der Waals surface area (Å²) in [6, 6.07) is 7.95. The molecule has 2 aromatic heterocycles. The molecule has 0 amide bonds. The van der Waals surface area contributed by atoms with Crippen LogP contribution in [0.2, 0.25) is 0 Å². The molecule has 4 nitrogen and oxygen atoms in total. The first-order valence-corrected chi connectivity index (χ1v) is 7.29. The van der Waals surface area contributed by atoms with Crippen LogP contribution in [0.3, 0.4) is 0 Å². The van der Waals surface area contributed by atoms with Gasteiger partial charge in [-0.05, 0) is 24.6 Å². The van der Waals surface area contributed by atoms with E-state index < -0.39 is 0 Å². The summed E-state index contributed by atoms with van der Waals surface area (Å²) in [5, 5.41) is 7.56. The first-order valence-electron chi connectivity index (χ1n) is 6.41. The molecule has 0 unspecified atom stereocenters. The third-order valence-corrected chi connectivity index (χ3v) is 4.03. The number of nitrogens with zero attached hydrogens (tertiary/aromatic N) is 3. The van der Waals surface area contributed by atoms with Crippen LogP contribution >= 0.6 is 11.3 Å². The Kier molecular flexibility index (Phi) is 3.28. The first kappa shape index (κ1) is 12.9. The second kappa shape index (κ2) is 5.09. The molecule has 0 saturated carbocycles. The third-order valence-electron chi connectivity index (χ3n) is 3.18. The minimum atomic E-state index is 0.791. The molecule has 0 spiro atoms. The van der Waals surface area contributed by atoms with Crippen LogP contribution in [0.15, 0.2) is 35.8 Å². The second-order valence-corrected chi connectivity index (χ2v) is 5.79. The van der Waals surface area contributed by atoms with Crippen molar-refractivity contribution in [2.24, 2.45) is 7.05 Å². The predicted molar refractivity (Wildman–Crippen MR) is 82.7 cm³/mol. The van der Waals surface area contributed by atoms with E-state index in [1.54, 1.807) is 11.3 Å². The lowest BCUT2D eigenvalue weighted by atomic mass is 10.1. The molecule has 5 heteroatoms. The fraction of sp³-hybridized carbons (Fsp3) is 0.200. The lowest BCUT2D eigenvalue weighted by molar-refractivity contribution is 0.756. The summed E-state index contributed by atoms with van der Waals surface area (Å²) >= 11 is 1.68. The minimum absolute atomic E-state index is 0.791. The molecular weight excluding hydrogens is 268 g/mol. The Labute approximate surface area is 121 Å². The van der Waals surface area contributed by atoms with Crippen LogP contribution in [-0.4, -0.2) is 14.8 Å². The van der Waals surface area contributed by atoms with Crippen molar-refractivity contribution < 1.29 is 0 Å². The molecule has 0 atom stereocenters. The third kappa shape index (κ3) is 2.58. The van der Waals surface area contributed by atoms with E-state index in [1.807, 2.05) is 49.1 Å². The molecule has 0 aliphatic carbocycles. The van der Waals surface area contributed by atoms with Crippen molar-refractivity contribution in [2.75, 3.05) is 5.73 Å². The number of aryl methyl sites for hydroxylation is 2. The highest BCUT2D eigenvalue weighted by molar-refractivity contribution is 7.10. The van der Waals surface area contributed by atoms with Gasteiger partial charge in [0.25, 0.3) is 0 Å². The summed E-state index contributed by atoms with van der Waals surface area (Å²) in [5.74, 6) is 0. The van der Waals surface area contributed by atoms with Gasteiger partial charge in [0.15, 0.2) is 0 Å². The summed E-state index contributed by atoms with van der Waals surface area (Å²) in [7, 11) is 1.93. The van der Waals surface area contributed by atoms with Crippen molar-refractivity contribution in [1.82, 2.24) is 14.8 Å². The predicted octanol–water partition coefficient (Wildman–Crippen LogP) is 3.03. The van der Waals surface area contributed by atoms with Gasteiger partial charge >= 0.3 is 0 Å². The Morgan fingerprint density at radius 3 is 2.65 bits per heavy atom. The molecule has 20 heavy (non-hydrogen) atoms. The van der Waals surface area contributed by atoms with Crippen LogP contribution in [-0.2, 0) is 13.5 Å². The molecule has 2 N–H and O–H groups in total. The molecule has 0 aliphatic heterocycles. The van der Waals surface area contributed by atoms with E-state index in [1.165, 1.54) is 5.56 Å². The highest BCUT2D eigenvalue weighted by Crippen LogP contribution is 2.25. The molecule has 3 rings (SSSR count). The first-order chi connectivity index (χ1) is 9.61. The molecule has 0 fully saturated rings. The van der Waals surface area contributed by atoms with Crippen molar-refractivity contribution in [1.29, 1.82) is 0 Å². The number of rotatable bonds is 3. The van der Waals surface area contributed by atoms with Gasteiger partial charge in [-0.1, -0.05) is 12.1 Å². The van der Waals surface area contributed by atoms with Crippen molar-refractivity contribution in [3.8, 4) is 11.3 Å². The summed E-state index contributed by atoms with van der Waals surface area (Å²) in [6.45, 7) is 2.01. The quantitative estimate of drug-likeness (QED) is 0.752. The smallest absolute Gasteiger partial charge is 0.0976 e. The number of benzene rings is 1. The van der Waals surface area contributed by atoms with Crippen LogP contribution in [0.5, 0.6) is 0 Å². The maximum absolute atomic E-state index is 5.70. The lowest BCUT2D eigenvalue weighted by Gasteiger charge is -1.98. The minimum Gasteiger partial charge on any atom is -0.399 e. The molecule has 2 heterocycles. The van der Waals surface area contributed by atoms with Crippen molar-refractivity contribution in [3.63, 3.8) is 0 Å². The fourth-order valence-electron chi connectivity index (χ4n) is 2.18. The molecule has 0 radical (unpaired) electrons. The van der Waals surface area contributed by atoms with E-state index in [9.17, 15) is 0 Å². The Morgan fingerprint density at radius 2 is 2.00 bits per heavy atom. The van der Waals surface area contributed by atoms with Gasteiger partial charge in [0, 0.05) is 36.3 Å². The number of aromatic nitrogens is 3. The van der Waals surface area contributed by atoms with Crippen LogP contribution < -0.4 is 5.73 Å². The second-order valence-electron chi connectivity index (χ2n) is 4.85. The zero-order valence-electron chi connectivity index (χ0n) is 11.5. The molecule has 1 aromatic carbocycles. The number of nitrogens with two attached hydrogens (primary N) is 1. The van der Waals surface area contributed by atoms with Gasteiger partial charge in [-0.15, -0.1) is 11.3 Å². The maximum atomic E-state index is 5.70. The number of nitrogen functional groups attached to an aromatic ring is 1. The molecule has 0 bridgehead atoms. The van der Waals surface area contributed by atoms with Crippen molar-refractivity contribution in [2.45, 2.75) is 13.3 Å². The van der Waals surface area contributed by atoms with Crippen LogP contribution in [0, 0.1) is 6.92 Å². The van der Waals surface area contributed by atoms with Gasteiger partial charge in [0.05, 0.1) is 16.4 Å². The molecule has 0 saturated heterocycles. The fourth-order valence-corrected chi connectivity index (χ4v) is 3.01. The monoisotopic (exact) mass is 284 g/mol. The number of thiazole rings is 1. The Hall–Kier alpha value is -2.14. The van der Waals surface area contributed by atoms with Gasteiger partial charge < -0.3 is 5.73 Å². The lowest BCUT2D eigenvalue weighted by Crippen LogP contribution is -1.89. The SMILES string of the molecule is Cc1nn(C)cc1-c1csc(Cc2ccc(N)cc2)n1.